The van der Waals surface area contributed by atoms with Crippen molar-refractivity contribution in [1.29, 1.82) is 0 Å². The summed E-state index contributed by atoms with van der Waals surface area (Å²) in [4.78, 5) is 0. The Labute approximate surface area is 254 Å². The maximum Gasteiger partial charge on any atom is 0.573 e. The summed E-state index contributed by atoms with van der Waals surface area (Å²) < 4.78 is 157. The lowest BCUT2D eigenvalue weighted by molar-refractivity contribution is -0.279. The third-order valence-electron chi connectivity index (χ3n) is 8.15. The number of halogens is 10. The zero-order valence-electron chi connectivity index (χ0n) is 24.4. The van der Waals surface area contributed by atoms with Crippen LogP contribution in [0.4, 0.5) is 43.9 Å². The van der Waals surface area contributed by atoms with Crippen molar-refractivity contribution in [2.45, 2.75) is 102 Å². The highest BCUT2D eigenvalue weighted by Gasteiger charge is 2.45. The third-order valence-corrected chi connectivity index (χ3v) is 8.15. The van der Waals surface area contributed by atoms with Gasteiger partial charge in [-0.05, 0) is 81.4 Å². The summed E-state index contributed by atoms with van der Waals surface area (Å²) >= 11 is 0. The van der Waals surface area contributed by atoms with Crippen LogP contribution in [0.5, 0.6) is 11.5 Å². The monoisotopic (exact) mass is 660 g/mol. The number of rotatable bonds is 12. The molecule has 0 spiro atoms. The van der Waals surface area contributed by atoms with E-state index in [-0.39, 0.29) is 49.8 Å². The predicted molar refractivity (Wildman–Crippen MR) is 141 cm³/mol. The molecular formula is C31H34F10O4. The first-order valence-corrected chi connectivity index (χ1v) is 14.8. The molecule has 0 N–H and O–H groups in total. The fourth-order valence-electron chi connectivity index (χ4n) is 5.81. The molecule has 2 aliphatic carbocycles. The molecule has 4 nitrogen and oxygen atoms in total. The van der Waals surface area contributed by atoms with Gasteiger partial charge >= 0.3 is 18.6 Å². The van der Waals surface area contributed by atoms with Gasteiger partial charge in [-0.15, -0.1) is 13.2 Å². The minimum Gasteiger partial charge on any atom is -0.432 e. The largest absolute Gasteiger partial charge is 0.573 e. The van der Waals surface area contributed by atoms with E-state index in [0.717, 1.165) is 18.6 Å². The first kappa shape index (κ1) is 35.1. The Balaban J connectivity index is 1.19. The van der Waals surface area contributed by atoms with Crippen molar-refractivity contribution in [3.8, 4) is 11.5 Å². The Kier molecular flexibility index (Phi) is 11.2. The number of alkyl halides is 7. The summed E-state index contributed by atoms with van der Waals surface area (Å²) in [5.41, 5.74) is -0.168. The van der Waals surface area contributed by atoms with Crippen LogP contribution in [0, 0.1) is 29.3 Å². The third kappa shape index (κ3) is 9.63. The van der Waals surface area contributed by atoms with Gasteiger partial charge in [0.1, 0.15) is 11.6 Å². The van der Waals surface area contributed by atoms with Crippen LogP contribution in [0.2, 0.25) is 0 Å². The van der Waals surface area contributed by atoms with Gasteiger partial charge in [0.15, 0.2) is 11.6 Å². The minimum atomic E-state index is -5.39. The van der Waals surface area contributed by atoms with Crippen molar-refractivity contribution in [3.05, 3.63) is 58.9 Å². The van der Waals surface area contributed by atoms with Crippen molar-refractivity contribution in [2.75, 3.05) is 6.61 Å². The second-order valence-electron chi connectivity index (χ2n) is 11.6. The lowest BCUT2D eigenvalue weighted by Gasteiger charge is -2.35. The number of ether oxygens (including phenoxy) is 4. The number of aryl methyl sites for hydroxylation is 1. The molecule has 0 unspecified atom stereocenters. The van der Waals surface area contributed by atoms with Crippen LogP contribution in [-0.2, 0) is 22.0 Å². The topological polar surface area (TPSA) is 36.9 Å². The number of benzene rings is 2. The maximum absolute atomic E-state index is 14.8. The van der Waals surface area contributed by atoms with Crippen LogP contribution in [0.3, 0.4) is 0 Å². The summed E-state index contributed by atoms with van der Waals surface area (Å²) in [6, 6.07) is 4.01. The van der Waals surface area contributed by atoms with Crippen molar-refractivity contribution < 1.29 is 62.9 Å². The molecule has 45 heavy (non-hydrogen) atoms. The minimum absolute atomic E-state index is 0.0418. The quantitative estimate of drug-likeness (QED) is 0.213. The molecule has 0 atom stereocenters. The van der Waals surface area contributed by atoms with E-state index in [1.54, 1.807) is 0 Å². The fourth-order valence-corrected chi connectivity index (χ4v) is 5.81. The lowest BCUT2D eigenvalue weighted by atomic mass is 9.85. The van der Waals surface area contributed by atoms with Gasteiger partial charge in [-0.25, -0.2) is 13.2 Å². The summed E-state index contributed by atoms with van der Waals surface area (Å²) in [5, 5.41) is 0. The predicted octanol–water partition coefficient (Wildman–Crippen LogP) is 9.83. The van der Waals surface area contributed by atoms with Crippen LogP contribution in [0.15, 0.2) is 30.3 Å². The molecule has 0 aliphatic heterocycles. The molecule has 0 amide bonds. The fraction of sp³-hybridized carbons (Fsp3) is 0.613. The average Bonchev–Trinajstić information content (AvgIpc) is 2.94. The summed E-state index contributed by atoms with van der Waals surface area (Å²) in [6.45, 7) is 2.20. The molecule has 14 heteroatoms. The molecule has 2 aromatic rings. The van der Waals surface area contributed by atoms with E-state index in [4.69, 9.17) is 9.47 Å². The molecule has 0 radical (unpaired) electrons. The molecule has 252 valence electrons. The maximum atomic E-state index is 14.8. The van der Waals surface area contributed by atoms with Gasteiger partial charge in [-0.1, -0.05) is 19.4 Å². The zero-order valence-corrected chi connectivity index (χ0v) is 24.4. The van der Waals surface area contributed by atoms with Gasteiger partial charge in [0.05, 0.1) is 23.7 Å². The smallest absolute Gasteiger partial charge is 0.432 e. The average molecular weight is 661 g/mol. The molecular weight excluding hydrogens is 626 g/mol. The van der Waals surface area contributed by atoms with Gasteiger partial charge in [0, 0.05) is 18.7 Å². The molecule has 0 bridgehead atoms. The molecule has 4 rings (SSSR count). The Morgan fingerprint density at radius 2 is 1.31 bits per heavy atom. The van der Waals surface area contributed by atoms with Crippen LogP contribution in [-0.4, -0.2) is 31.3 Å². The zero-order chi connectivity index (χ0) is 33.0. The molecule has 2 aliphatic rings. The molecule has 0 heterocycles. The Morgan fingerprint density at radius 3 is 1.87 bits per heavy atom. The van der Waals surface area contributed by atoms with Gasteiger partial charge in [0.2, 0.25) is 5.75 Å². The summed E-state index contributed by atoms with van der Waals surface area (Å²) in [6.07, 6.45) is -10.7. The van der Waals surface area contributed by atoms with Crippen molar-refractivity contribution in [1.82, 2.24) is 0 Å². The summed E-state index contributed by atoms with van der Waals surface area (Å²) in [7, 11) is 0. The normalized spacial score (nSPS) is 23.2. The first-order chi connectivity index (χ1) is 21.1. The van der Waals surface area contributed by atoms with E-state index < -0.39 is 65.1 Å². The van der Waals surface area contributed by atoms with E-state index in [2.05, 4.69) is 9.47 Å². The van der Waals surface area contributed by atoms with Crippen LogP contribution < -0.4 is 9.47 Å². The number of hydrogen-bond acceptors (Lipinski definition) is 4. The van der Waals surface area contributed by atoms with Gasteiger partial charge in [0.25, 0.3) is 0 Å². The molecule has 2 saturated carbocycles. The van der Waals surface area contributed by atoms with E-state index >= 15 is 0 Å². The van der Waals surface area contributed by atoms with Gasteiger partial charge < -0.3 is 18.9 Å². The lowest BCUT2D eigenvalue weighted by Crippen LogP contribution is -2.39. The van der Waals surface area contributed by atoms with E-state index in [1.165, 1.54) is 6.07 Å². The Hall–Kier alpha value is -2.74. The highest BCUT2D eigenvalue weighted by molar-refractivity contribution is 5.35. The van der Waals surface area contributed by atoms with Crippen LogP contribution >= 0.6 is 0 Å². The second kappa shape index (κ2) is 14.4. The van der Waals surface area contributed by atoms with E-state index in [1.807, 2.05) is 6.92 Å². The van der Waals surface area contributed by atoms with Crippen molar-refractivity contribution in [2.24, 2.45) is 11.8 Å². The Bertz CT molecular complexity index is 1250. The standard InChI is InChI=1S/C31H34F10O4/c1-2-3-18-6-13-24(25(32)14-18)30(37,38)43-22-9-4-19(5-10-22)17-42-21-11-7-20(8-12-21)29(35,36)44-23-15-26(33)28(27(34)16-23)45-31(39,40)41/h6,13-16,19-22H,2-5,7-12,17H2,1H3. The summed E-state index contributed by atoms with van der Waals surface area (Å²) in [5.74, 6) is -8.78. The SMILES string of the molecule is CCCc1ccc(C(F)(F)OC2CCC(COC3CCC(C(F)(F)Oc4cc(F)c(OC(F)(F)F)c(F)c4)CC3)CC2)c(F)c1. The number of hydrogen-bond donors (Lipinski definition) is 0. The van der Waals surface area contributed by atoms with E-state index in [0.29, 0.717) is 44.3 Å². The second-order valence-corrected chi connectivity index (χ2v) is 11.6. The van der Waals surface area contributed by atoms with E-state index in [9.17, 15) is 43.9 Å². The van der Waals surface area contributed by atoms with Gasteiger partial charge in [-0.2, -0.15) is 17.6 Å². The molecule has 0 aromatic heterocycles. The van der Waals surface area contributed by atoms with Crippen molar-refractivity contribution >= 4 is 0 Å². The molecule has 2 aromatic carbocycles. The van der Waals surface area contributed by atoms with Crippen molar-refractivity contribution in [3.63, 3.8) is 0 Å². The molecule has 0 saturated heterocycles. The Morgan fingerprint density at radius 1 is 0.711 bits per heavy atom. The van der Waals surface area contributed by atoms with Gasteiger partial charge in [-0.3, -0.25) is 0 Å². The highest BCUT2D eigenvalue weighted by atomic mass is 19.4. The van der Waals surface area contributed by atoms with Crippen LogP contribution in [0.25, 0.3) is 0 Å². The first-order valence-electron chi connectivity index (χ1n) is 14.8. The highest BCUT2D eigenvalue weighted by Crippen LogP contribution is 2.41. The van der Waals surface area contributed by atoms with Crippen LogP contribution in [0.1, 0.15) is 75.8 Å². The molecule has 2 fully saturated rings.